The SMILES string of the molecule is CCCCCCCCCC(Br)(Br)C(Br)(Br)C(=O)[O-].O.O.[K+]. The zero-order valence-corrected chi connectivity index (χ0v) is 22.0. The summed E-state index contributed by atoms with van der Waals surface area (Å²) in [6, 6.07) is 0. The molecule has 4 nitrogen and oxygen atoms in total. The van der Waals surface area contributed by atoms with Crippen LogP contribution in [0.1, 0.15) is 58.3 Å². The summed E-state index contributed by atoms with van der Waals surface area (Å²) in [6.45, 7) is 2.20. The average molecular weight is 590 g/mol. The van der Waals surface area contributed by atoms with Crippen LogP contribution in [0.3, 0.4) is 0 Å². The van der Waals surface area contributed by atoms with Gasteiger partial charge in [0.05, 0.1) is 5.97 Å². The first-order chi connectivity index (χ1) is 8.25. The molecular weight excluding hydrogens is 567 g/mol. The van der Waals surface area contributed by atoms with Crippen molar-refractivity contribution in [3.8, 4) is 0 Å². The van der Waals surface area contributed by atoms with Gasteiger partial charge in [-0.1, -0.05) is 116 Å². The molecule has 0 rings (SSSR count). The third kappa shape index (κ3) is 12.9. The molecule has 0 spiro atoms. The van der Waals surface area contributed by atoms with Crippen molar-refractivity contribution in [1.29, 1.82) is 0 Å². The predicted octanol–water partition coefficient (Wildman–Crippen LogP) is 0.204. The van der Waals surface area contributed by atoms with Crippen molar-refractivity contribution in [2.45, 2.75) is 64.8 Å². The molecular formula is C12H23Br4KO4. The van der Waals surface area contributed by atoms with Crippen molar-refractivity contribution in [1.82, 2.24) is 0 Å². The second kappa shape index (κ2) is 16.4. The van der Waals surface area contributed by atoms with E-state index in [1.165, 1.54) is 32.1 Å². The molecule has 0 fully saturated rings. The van der Waals surface area contributed by atoms with Crippen molar-refractivity contribution < 1.29 is 72.2 Å². The topological polar surface area (TPSA) is 103 Å². The molecule has 0 amide bonds. The molecule has 4 N–H and O–H groups in total. The Morgan fingerprint density at radius 2 is 1.29 bits per heavy atom. The number of unbranched alkanes of at least 4 members (excludes halogenated alkanes) is 6. The van der Waals surface area contributed by atoms with Crippen LogP contribution in [-0.2, 0) is 4.79 Å². The number of rotatable bonds is 10. The second-order valence-corrected chi connectivity index (χ2v) is 11.7. The Morgan fingerprint density at radius 1 is 0.905 bits per heavy atom. The Bertz CT molecular complexity index is 266. The second-order valence-electron chi connectivity index (χ2n) is 4.44. The summed E-state index contributed by atoms with van der Waals surface area (Å²) in [4.78, 5) is 11.0. The average Bonchev–Trinajstić information content (AvgIpc) is 2.27. The molecule has 0 radical (unpaired) electrons. The van der Waals surface area contributed by atoms with Gasteiger partial charge in [-0.15, -0.1) is 0 Å². The van der Waals surface area contributed by atoms with Gasteiger partial charge in [0.15, 0.2) is 0 Å². The fraction of sp³-hybridized carbons (Fsp3) is 0.917. The number of alkyl halides is 4. The van der Waals surface area contributed by atoms with E-state index < -0.39 is 12.4 Å². The monoisotopic (exact) mass is 586 g/mol. The fourth-order valence-electron chi connectivity index (χ4n) is 1.61. The number of halogens is 4. The van der Waals surface area contributed by atoms with E-state index in [0.29, 0.717) is 6.42 Å². The van der Waals surface area contributed by atoms with Crippen molar-refractivity contribution >= 4 is 69.7 Å². The van der Waals surface area contributed by atoms with Gasteiger partial charge in [-0.05, 0) is 6.42 Å². The molecule has 0 unspecified atom stereocenters. The van der Waals surface area contributed by atoms with Gasteiger partial charge in [0.1, 0.15) is 6.47 Å². The molecule has 0 aromatic rings. The van der Waals surface area contributed by atoms with Crippen LogP contribution in [0.5, 0.6) is 0 Å². The first-order valence-electron chi connectivity index (χ1n) is 6.22. The van der Waals surface area contributed by atoms with Crippen molar-refractivity contribution in [2.24, 2.45) is 0 Å². The molecule has 0 saturated heterocycles. The molecule has 0 heterocycles. The molecule has 0 bridgehead atoms. The minimum atomic E-state index is -1.30. The van der Waals surface area contributed by atoms with Crippen LogP contribution in [0, 0.1) is 0 Å². The Morgan fingerprint density at radius 3 is 1.67 bits per heavy atom. The molecule has 0 aliphatic carbocycles. The van der Waals surface area contributed by atoms with Gasteiger partial charge in [0.25, 0.3) is 0 Å². The maximum Gasteiger partial charge on any atom is 1.00 e. The number of carbonyl (C=O) groups excluding carboxylic acids is 1. The van der Waals surface area contributed by atoms with Crippen molar-refractivity contribution in [3.63, 3.8) is 0 Å². The third-order valence-corrected chi connectivity index (χ3v) is 8.92. The van der Waals surface area contributed by atoms with Gasteiger partial charge >= 0.3 is 51.4 Å². The number of carboxylic acids is 1. The quantitative estimate of drug-likeness (QED) is 0.207. The van der Waals surface area contributed by atoms with E-state index in [1.54, 1.807) is 0 Å². The van der Waals surface area contributed by atoms with Gasteiger partial charge in [-0.25, -0.2) is 0 Å². The smallest absolute Gasteiger partial charge is 0.548 e. The fourth-order valence-corrected chi connectivity index (χ4v) is 2.89. The summed E-state index contributed by atoms with van der Waals surface area (Å²) in [5, 5.41) is 11.0. The zero-order valence-electron chi connectivity index (χ0n) is 12.5. The molecule has 0 atom stereocenters. The van der Waals surface area contributed by atoms with Crippen molar-refractivity contribution in [2.75, 3.05) is 0 Å². The van der Waals surface area contributed by atoms with Crippen LogP contribution in [-0.4, -0.2) is 23.4 Å². The van der Waals surface area contributed by atoms with E-state index in [0.717, 1.165) is 12.8 Å². The molecule has 0 aliphatic rings. The number of carboxylic acid groups (broad SMARTS) is 1. The van der Waals surface area contributed by atoms with E-state index in [1.807, 2.05) is 0 Å². The van der Waals surface area contributed by atoms with Crippen LogP contribution in [0.4, 0.5) is 0 Å². The van der Waals surface area contributed by atoms with Crippen molar-refractivity contribution in [3.05, 3.63) is 0 Å². The first-order valence-corrected chi connectivity index (χ1v) is 9.40. The number of hydrogen-bond acceptors (Lipinski definition) is 2. The van der Waals surface area contributed by atoms with E-state index in [4.69, 9.17) is 0 Å². The molecule has 0 aromatic heterocycles. The summed E-state index contributed by atoms with van der Waals surface area (Å²) in [6.07, 6.45) is 9.11. The molecule has 0 aliphatic heterocycles. The van der Waals surface area contributed by atoms with Gasteiger partial charge in [0.2, 0.25) is 0 Å². The van der Waals surface area contributed by atoms with Gasteiger partial charge in [-0.3, -0.25) is 0 Å². The maximum atomic E-state index is 11.0. The molecule has 124 valence electrons. The Kier molecular flexibility index (Phi) is 24.8. The largest absolute Gasteiger partial charge is 1.00 e. The molecule has 0 saturated carbocycles. The van der Waals surface area contributed by atoms with Crippen LogP contribution in [0.15, 0.2) is 0 Å². The summed E-state index contributed by atoms with van der Waals surface area (Å²) in [7, 11) is 0. The minimum Gasteiger partial charge on any atom is -0.548 e. The predicted molar refractivity (Wildman–Crippen MR) is 96.0 cm³/mol. The van der Waals surface area contributed by atoms with Gasteiger partial charge in [0, 0.05) is 0 Å². The number of carbonyl (C=O) groups is 1. The van der Waals surface area contributed by atoms with Gasteiger partial charge in [-0.2, -0.15) is 0 Å². The van der Waals surface area contributed by atoms with Crippen LogP contribution < -0.4 is 56.5 Å². The Balaban J connectivity index is -0.000000482. The van der Waals surface area contributed by atoms with E-state index in [2.05, 4.69) is 70.6 Å². The summed E-state index contributed by atoms with van der Waals surface area (Å²) < 4.78 is -2.04. The summed E-state index contributed by atoms with van der Waals surface area (Å²) in [5.74, 6) is -1.20. The first kappa shape index (κ1) is 31.7. The van der Waals surface area contributed by atoms with Crippen LogP contribution in [0.25, 0.3) is 0 Å². The maximum absolute atomic E-state index is 11.0. The van der Waals surface area contributed by atoms with E-state index in [-0.39, 0.29) is 62.3 Å². The van der Waals surface area contributed by atoms with Crippen LogP contribution >= 0.6 is 63.7 Å². The Hall–Kier alpha value is 2.95. The zero-order chi connectivity index (χ0) is 14.2. The van der Waals surface area contributed by atoms with E-state index >= 15 is 0 Å². The number of aliphatic carboxylic acids is 1. The standard InChI is InChI=1S/C12H20Br4O2.K.2H2O/c1-2-3-4-5-6-7-8-9-11(13,14)12(15,16)10(17)18;;;/h2-9H2,1H3,(H,17,18);;2*1H2/q;+1;;/p-1. The molecule has 21 heavy (non-hydrogen) atoms. The molecule has 0 aromatic carbocycles. The van der Waals surface area contributed by atoms with E-state index in [9.17, 15) is 9.90 Å². The minimum absolute atomic E-state index is 0. The Labute approximate surface area is 203 Å². The normalized spacial score (nSPS) is 10.9. The van der Waals surface area contributed by atoms with Gasteiger partial charge < -0.3 is 20.9 Å². The summed E-state index contributed by atoms with van der Waals surface area (Å²) in [5.41, 5.74) is 0. The number of hydrogen-bond donors (Lipinski definition) is 0. The van der Waals surface area contributed by atoms with Crippen LogP contribution in [0.2, 0.25) is 0 Å². The molecule has 9 heteroatoms. The summed E-state index contributed by atoms with van der Waals surface area (Å²) >= 11 is 13.1. The third-order valence-electron chi connectivity index (χ3n) is 2.81.